The number of hydrogen-bond acceptors (Lipinski definition) is 6. The Bertz CT molecular complexity index is 1240. The standard InChI is InChI=1S/C20H17ClN6O3S/c21-13-4-3-5-14(9-13)27-20(24-25-26-27)31-11-18(28)23-17(19(29)30)8-12-10-22-16-7-2-1-6-15(12)16/h1-7,9-10,17,22H,8,11H2,(H,23,28)(H,29,30)/t17-/m1/s1. The number of fused-ring (bicyclic) bond motifs is 1. The molecule has 31 heavy (non-hydrogen) atoms. The first-order valence-electron chi connectivity index (χ1n) is 9.25. The number of carbonyl (C=O) groups is 2. The molecule has 0 saturated heterocycles. The van der Waals surface area contributed by atoms with Gasteiger partial charge in [-0.2, -0.15) is 4.68 Å². The number of para-hydroxylation sites is 1. The predicted molar refractivity (Wildman–Crippen MR) is 116 cm³/mol. The summed E-state index contributed by atoms with van der Waals surface area (Å²) in [6, 6.07) is 13.5. The molecule has 0 fully saturated rings. The summed E-state index contributed by atoms with van der Waals surface area (Å²) in [6.07, 6.45) is 1.93. The number of rotatable bonds is 8. The van der Waals surface area contributed by atoms with E-state index in [1.165, 1.54) is 4.68 Å². The van der Waals surface area contributed by atoms with Crippen molar-refractivity contribution in [1.82, 2.24) is 30.5 Å². The van der Waals surface area contributed by atoms with Crippen molar-refractivity contribution in [3.63, 3.8) is 0 Å². The number of nitrogens with zero attached hydrogens (tertiary/aromatic N) is 4. The van der Waals surface area contributed by atoms with Gasteiger partial charge in [0.2, 0.25) is 11.1 Å². The number of H-pyrrole nitrogens is 1. The number of amides is 1. The van der Waals surface area contributed by atoms with Crippen molar-refractivity contribution in [3.8, 4) is 5.69 Å². The van der Waals surface area contributed by atoms with E-state index in [0.29, 0.717) is 15.9 Å². The molecule has 0 radical (unpaired) electrons. The number of carbonyl (C=O) groups excluding carboxylic acids is 1. The summed E-state index contributed by atoms with van der Waals surface area (Å²) < 4.78 is 1.46. The zero-order chi connectivity index (χ0) is 21.8. The minimum absolute atomic E-state index is 0.0431. The highest BCUT2D eigenvalue weighted by Gasteiger charge is 2.22. The monoisotopic (exact) mass is 456 g/mol. The van der Waals surface area contributed by atoms with Crippen molar-refractivity contribution in [2.75, 3.05) is 5.75 Å². The summed E-state index contributed by atoms with van der Waals surface area (Å²) in [4.78, 5) is 27.3. The normalized spacial score (nSPS) is 12.0. The van der Waals surface area contributed by atoms with Gasteiger partial charge in [-0.25, -0.2) is 4.79 Å². The Morgan fingerprint density at radius 2 is 2.06 bits per heavy atom. The van der Waals surface area contributed by atoms with E-state index in [9.17, 15) is 14.7 Å². The van der Waals surface area contributed by atoms with Crippen LogP contribution in [0.5, 0.6) is 0 Å². The molecule has 9 nitrogen and oxygen atoms in total. The maximum atomic E-state index is 12.4. The Kier molecular flexibility index (Phi) is 6.19. The van der Waals surface area contributed by atoms with E-state index in [2.05, 4.69) is 25.8 Å². The van der Waals surface area contributed by atoms with Crippen molar-refractivity contribution >= 4 is 46.1 Å². The van der Waals surface area contributed by atoms with Crippen molar-refractivity contribution < 1.29 is 14.7 Å². The Labute approximate surface area is 185 Å². The molecule has 4 rings (SSSR count). The number of nitrogens with one attached hydrogen (secondary N) is 2. The van der Waals surface area contributed by atoms with Crippen LogP contribution in [0.2, 0.25) is 5.02 Å². The molecule has 11 heteroatoms. The smallest absolute Gasteiger partial charge is 0.326 e. The number of halogens is 1. The van der Waals surface area contributed by atoms with Gasteiger partial charge >= 0.3 is 5.97 Å². The average Bonchev–Trinajstić information content (AvgIpc) is 3.39. The molecular formula is C20H17ClN6O3S. The minimum Gasteiger partial charge on any atom is -0.480 e. The molecule has 3 N–H and O–H groups in total. The molecule has 2 aromatic carbocycles. The number of hydrogen-bond donors (Lipinski definition) is 3. The third-order valence-electron chi connectivity index (χ3n) is 4.56. The molecular weight excluding hydrogens is 440 g/mol. The van der Waals surface area contributed by atoms with E-state index in [4.69, 9.17) is 11.6 Å². The second-order valence-corrected chi connectivity index (χ2v) is 8.04. The third kappa shape index (κ3) is 4.86. The van der Waals surface area contributed by atoms with Gasteiger partial charge in [0, 0.05) is 28.5 Å². The van der Waals surface area contributed by atoms with E-state index in [1.807, 2.05) is 24.3 Å². The average molecular weight is 457 g/mol. The van der Waals surface area contributed by atoms with Gasteiger partial charge < -0.3 is 15.4 Å². The molecule has 0 aliphatic heterocycles. The first kappa shape index (κ1) is 20.9. The van der Waals surface area contributed by atoms with Gasteiger partial charge in [0.15, 0.2) is 0 Å². The lowest BCUT2D eigenvalue weighted by atomic mass is 10.1. The molecule has 0 aliphatic rings. The summed E-state index contributed by atoms with van der Waals surface area (Å²) >= 11 is 7.11. The predicted octanol–water partition coefficient (Wildman–Crippen LogP) is 2.70. The van der Waals surface area contributed by atoms with Crippen LogP contribution >= 0.6 is 23.4 Å². The van der Waals surface area contributed by atoms with Gasteiger partial charge in [0.1, 0.15) is 6.04 Å². The zero-order valence-electron chi connectivity index (χ0n) is 16.0. The highest BCUT2D eigenvalue weighted by Crippen LogP contribution is 2.21. The van der Waals surface area contributed by atoms with Gasteiger partial charge in [-0.15, -0.1) is 5.10 Å². The fourth-order valence-electron chi connectivity index (χ4n) is 3.13. The van der Waals surface area contributed by atoms with E-state index in [-0.39, 0.29) is 12.2 Å². The molecule has 158 valence electrons. The molecule has 0 bridgehead atoms. The maximum absolute atomic E-state index is 12.4. The molecule has 2 heterocycles. The number of carboxylic acid groups (broad SMARTS) is 1. The van der Waals surface area contributed by atoms with Crippen LogP contribution in [-0.4, -0.2) is 54.0 Å². The highest BCUT2D eigenvalue weighted by atomic mass is 35.5. The lowest BCUT2D eigenvalue weighted by Gasteiger charge is -2.14. The van der Waals surface area contributed by atoms with Gasteiger partial charge in [-0.1, -0.05) is 47.6 Å². The quantitative estimate of drug-likeness (QED) is 0.348. The number of aromatic amines is 1. The summed E-state index contributed by atoms with van der Waals surface area (Å²) in [7, 11) is 0. The fraction of sp³-hybridized carbons (Fsp3) is 0.150. The van der Waals surface area contributed by atoms with E-state index in [0.717, 1.165) is 28.2 Å². The lowest BCUT2D eigenvalue weighted by Crippen LogP contribution is -2.43. The van der Waals surface area contributed by atoms with Crippen LogP contribution in [0.25, 0.3) is 16.6 Å². The molecule has 4 aromatic rings. The SMILES string of the molecule is O=C(CSc1nnnn1-c1cccc(Cl)c1)N[C@H](Cc1c[nH]c2ccccc12)C(=O)O. The third-order valence-corrected chi connectivity index (χ3v) is 5.71. The largest absolute Gasteiger partial charge is 0.480 e. The molecule has 0 saturated carbocycles. The number of thioether (sulfide) groups is 1. The maximum Gasteiger partial charge on any atom is 0.326 e. The van der Waals surface area contributed by atoms with Crippen LogP contribution in [-0.2, 0) is 16.0 Å². The van der Waals surface area contributed by atoms with E-state index >= 15 is 0 Å². The van der Waals surface area contributed by atoms with Crippen molar-refractivity contribution in [3.05, 3.63) is 65.3 Å². The van der Waals surface area contributed by atoms with Crippen molar-refractivity contribution in [2.45, 2.75) is 17.6 Å². The minimum atomic E-state index is -1.10. The second-order valence-electron chi connectivity index (χ2n) is 6.66. The first-order valence-corrected chi connectivity index (χ1v) is 10.6. The Hall–Kier alpha value is -3.37. The van der Waals surface area contributed by atoms with Crippen LogP contribution in [0, 0.1) is 0 Å². The van der Waals surface area contributed by atoms with Gasteiger partial charge in [0.25, 0.3) is 0 Å². The Balaban J connectivity index is 1.41. The van der Waals surface area contributed by atoms with Crippen LogP contribution < -0.4 is 5.32 Å². The van der Waals surface area contributed by atoms with Crippen molar-refractivity contribution in [2.24, 2.45) is 0 Å². The fourth-order valence-corrected chi connectivity index (χ4v) is 4.01. The Morgan fingerprint density at radius 3 is 2.87 bits per heavy atom. The number of benzene rings is 2. The van der Waals surface area contributed by atoms with Gasteiger partial charge in [-0.05, 0) is 40.3 Å². The zero-order valence-corrected chi connectivity index (χ0v) is 17.6. The molecule has 1 atom stereocenters. The molecule has 0 spiro atoms. The van der Waals surface area contributed by atoms with Gasteiger partial charge in [0.05, 0.1) is 11.4 Å². The Morgan fingerprint density at radius 1 is 1.23 bits per heavy atom. The van der Waals surface area contributed by atoms with Crippen LogP contribution in [0.4, 0.5) is 0 Å². The highest BCUT2D eigenvalue weighted by molar-refractivity contribution is 7.99. The summed E-state index contributed by atoms with van der Waals surface area (Å²) in [6.45, 7) is 0. The topological polar surface area (TPSA) is 126 Å². The summed E-state index contributed by atoms with van der Waals surface area (Å²) in [5.41, 5.74) is 2.39. The number of aliphatic carboxylic acids is 1. The number of aromatic nitrogens is 5. The van der Waals surface area contributed by atoms with Crippen molar-refractivity contribution in [1.29, 1.82) is 0 Å². The molecule has 2 aromatic heterocycles. The first-order chi connectivity index (χ1) is 15.0. The van der Waals surface area contributed by atoms with E-state index in [1.54, 1.807) is 30.5 Å². The lowest BCUT2D eigenvalue weighted by molar-refractivity contribution is -0.141. The number of carboxylic acids is 1. The summed E-state index contributed by atoms with van der Waals surface area (Å²) in [5.74, 6) is -1.58. The summed E-state index contributed by atoms with van der Waals surface area (Å²) in [5, 5.41) is 25.5. The second kappa shape index (κ2) is 9.19. The number of tetrazole rings is 1. The van der Waals surface area contributed by atoms with E-state index < -0.39 is 17.9 Å². The molecule has 1 amide bonds. The van der Waals surface area contributed by atoms with Crippen LogP contribution in [0.3, 0.4) is 0 Å². The molecule has 0 unspecified atom stereocenters. The van der Waals surface area contributed by atoms with Gasteiger partial charge in [-0.3, -0.25) is 4.79 Å². The molecule has 0 aliphatic carbocycles. The van der Waals surface area contributed by atoms with Crippen LogP contribution in [0.15, 0.2) is 59.9 Å². The van der Waals surface area contributed by atoms with Crippen LogP contribution in [0.1, 0.15) is 5.56 Å².